The molecule has 6 heteroatoms. The monoisotopic (exact) mass is 335 g/mol. The summed E-state index contributed by atoms with van der Waals surface area (Å²) in [7, 11) is -3.29. The number of sulfonamides is 1. The van der Waals surface area contributed by atoms with Gasteiger partial charge >= 0.3 is 0 Å². The van der Waals surface area contributed by atoms with Crippen LogP contribution in [0.25, 0.3) is 0 Å². The zero-order chi connectivity index (χ0) is 16.9. The maximum atomic E-state index is 12.0. The van der Waals surface area contributed by atoms with E-state index in [-0.39, 0.29) is 17.7 Å². The summed E-state index contributed by atoms with van der Waals surface area (Å²) in [4.78, 5) is 0. The first-order valence-electron chi connectivity index (χ1n) is 8.21. The highest BCUT2D eigenvalue weighted by Gasteiger charge is 2.22. The van der Waals surface area contributed by atoms with Gasteiger partial charge in [0.05, 0.1) is 17.5 Å². The second kappa shape index (κ2) is 7.69. The Balaban J connectivity index is 2.12. The molecule has 23 heavy (non-hydrogen) atoms. The number of rotatable bonds is 6. The minimum absolute atomic E-state index is 0.118. The molecule has 2 atom stereocenters. The van der Waals surface area contributed by atoms with E-state index in [1.54, 1.807) is 6.07 Å². The Kier molecular flexibility index (Phi) is 5.89. The Labute approximate surface area is 139 Å². The van der Waals surface area contributed by atoms with Crippen molar-refractivity contribution in [3.8, 4) is 6.07 Å². The average molecular weight is 335 g/mol. The van der Waals surface area contributed by atoms with Gasteiger partial charge in [-0.05, 0) is 50.3 Å². The van der Waals surface area contributed by atoms with Crippen molar-refractivity contribution >= 4 is 21.4 Å². The smallest absolute Gasteiger partial charge is 0.232 e. The molecule has 0 spiro atoms. The first kappa shape index (κ1) is 17.6. The fourth-order valence-corrected chi connectivity index (χ4v) is 4.24. The quantitative estimate of drug-likeness (QED) is 0.831. The van der Waals surface area contributed by atoms with Crippen LogP contribution in [0.3, 0.4) is 0 Å². The van der Waals surface area contributed by atoms with Crippen LogP contribution in [0.1, 0.15) is 44.6 Å². The molecule has 2 N–H and O–H groups in total. The molecule has 2 rings (SSSR count). The van der Waals surface area contributed by atoms with Gasteiger partial charge in [-0.2, -0.15) is 5.26 Å². The fourth-order valence-electron chi connectivity index (χ4n) is 3.05. The highest BCUT2D eigenvalue weighted by atomic mass is 32.2. The van der Waals surface area contributed by atoms with Gasteiger partial charge in [0.25, 0.3) is 0 Å². The van der Waals surface area contributed by atoms with E-state index < -0.39 is 10.0 Å². The SMILES string of the molecule is CCCS(=O)(=O)Nc1cccc(N[C@H]2CCC[C@H](C#N)C2)c1C. The van der Waals surface area contributed by atoms with Gasteiger partial charge in [-0.3, -0.25) is 4.72 Å². The maximum absolute atomic E-state index is 12.0. The number of hydrogen-bond acceptors (Lipinski definition) is 4. The second-order valence-corrected chi connectivity index (χ2v) is 8.07. The lowest BCUT2D eigenvalue weighted by atomic mass is 9.86. The van der Waals surface area contributed by atoms with Gasteiger partial charge in [0, 0.05) is 17.6 Å². The molecule has 1 aliphatic carbocycles. The molecule has 0 heterocycles. The molecule has 0 aliphatic heterocycles. The van der Waals surface area contributed by atoms with Crippen LogP contribution in [0, 0.1) is 24.2 Å². The molecule has 0 saturated heterocycles. The van der Waals surface area contributed by atoms with E-state index in [2.05, 4.69) is 16.1 Å². The van der Waals surface area contributed by atoms with Gasteiger partial charge < -0.3 is 5.32 Å². The molecule has 126 valence electrons. The second-order valence-electron chi connectivity index (χ2n) is 6.23. The highest BCUT2D eigenvalue weighted by Crippen LogP contribution is 2.30. The number of benzene rings is 1. The van der Waals surface area contributed by atoms with Crippen molar-refractivity contribution in [1.82, 2.24) is 0 Å². The lowest BCUT2D eigenvalue weighted by molar-refractivity contribution is 0.395. The van der Waals surface area contributed by atoms with Gasteiger partial charge in [0.2, 0.25) is 10.0 Å². The number of anilines is 2. The van der Waals surface area contributed by atoms with Gasteiger partial charge in [0.15, 0.2) is 0 Å². The summed E-state index contributed by atoms with van der Waals surface area (Å²) < 4.78 is 26.6. The Morgan fingerprint density at radius 2 is 2.04 bits per heavy atom. The van der Waals surface area contributed by atoms with E-state index in [0.717, 1.165) is 36.9 Å². The van der Waals surface area contributed by atoms with Crippen molar-refractivity contribution in [3.05, 3.63) is 23.8 Å². The third kappa shape index (κ3) is 4.87. The molecular weight excluding hydrogens is 310 g/mol. The Morgan fingerprint density at radius 1 is 1.30 bits per heavy atom. The molecule has 0 bridgehead atoms. The maximum Gasteiger partial charge on any atom is 0.232 e. The van der Waals surface area contributed by atoms with Crippen molar-refractivity contribution in [2.24, 2.45) is 5.92 Å². The molecule has 0 unspecified atom stereocenters. The lowest BCUT2D eigenvalue weighted by Gasteiger charge is -2.28. The van der Waals surface area contributed by atoms with E-state index in [1.807, 2.05) is 26.0 Å². The first-order valence-corrected chi connectivity index (χ1v) is 9.86. The normalized spacial score (nSPS) is 21.4. The molecule has 0 radical (unpaired) electrons. The third-order valence-corrected chi connectivity index (χ3v) is 5.77. The van der Waals surface area contributed by atoms with Crippen molar-refractivity contribution in [2.45, 2.75) is 52.0 Å². The minimum atomic E-state index is -3.29. The van der Waals surface area contributed by atoms with Gasteiger partial charge in [-0.15, -0.1) is 0 Å². The van der Waals surface area contributed by atoms with E-state index in [0.29, 0.717) is 12.1 Å². The summed E-state index contributed by atoms with van der Waals surface area (Å²) in [6.07, 6.45) is 4.51. The topological polar surface area (TPSA) is 82.0 Å². The molecule has 5 nitrogen and oxygen atoms in total. The van der Waals surface area contributed by atoms with E-state index in [1.165, 1.54) is 0 Å². The van der Waals surface area contributed by atoms with Crippen LogP contribution < -0.4 is 10.0 Å². The average Bonchev–Trinajstić information content (AvgIpc) is 2.51. The fraction of sp³-hybridized carbons (Fsp3) is 0.588. The van der Waals surface area contributed by atoms with Crippen LogP contribution in [0.5, 0.6) is 0 Å². The summed E-state index contributed by atoms with van der Waals surface area (Å²) in [5.41, 5.74) is 2.45. The predicted molar refractivity (Wildman–Crippen MR) is 93.9 cm³/mol. The molecule has 1 aliphatic rings. The van der Waals surface area contributed by atoms with Crippen LogP contribution >= 0.6 is 0 Å². The largest absolute Gasteiger partial charge is 0.382 e. The van der Waals surface area contributed by atoms with Crippen LogP contribution in [0.4, 0.5) is 11.4 Å². The van der Waals surface area contributed by atoms with E-state index in [4.69, 9.17) is 5.26 Å². The van der Waals surface area contributed by atoms with E-state index in [9.17, 15) is 8.42 Å². The highest BCUT2D eigenvalue weighted by molar-refractivity contribution is 7.92. The van der Waals surface area contributed by atoms with Crippen molar-refractivity contribution in [3.63, 3.8) is 0 Å². The Bertz CT molecular complexity index is 680. The van der Waals surface area contributed by atoms with Crippen LogP contribution in [0.15, 0.2) is 18.2 Å². The summed E-state index contributed by atoms with van der Waals surface area (Å²) in [6, 6.07) is 8.23. The van der Waals surface area contributed by atoms with Crippen LogP contribution in [0.2, 0.25) is 0 Å². The minimum Gasteiger partial charge on any atom is -0.382 e. The first-order chi connectivity index (χ1) is 10.9. The summed E-state index contributed by atoms with van der Waals surface area (Å²) in [5.74, 6) is 0.240. The molecular formula is C17H25N3O2S. The molecule has 0 aromatic heterocycles. The summed E-state index contributed by atoms with van der Waals surface area (Å²) in [6.45, 7) is 3.76. The summed E-state index contributed by atoms with van der Waals surface area (Å²) in [5, 5.41) is 12.6. The van der Waals surface area contributed by atoms with E-state index >= 15 is 0 Å². The molecule has 1 aromatic carbocycles. The van der Waals surface area contributed by atoms with Crippen molar-refractivity contribution < 1.29 is 8.42 Å². The molecule has 1 saturated carbocycles. The predicted octanol–water partition coefficient (Wildman–Crippen LogP) is 3.64. The van der Waals surface area contributed by atoms with Crippen molar-refractivity contribution in [2.75, 3.05) is 15.8 Å². The Morgan fingerprint density at radius 3 is 2.74 bits per heavy atom. The molecule has 1 fully saturated rings. The van der Waals surface area contributed by atoms with Crippen LogP contribution in [-0.4, -0.2) is 20.2 Å². The van der Waals surface area contributed by atoms with Crippen molar-refractivity contribution in [1.29, 1.82) is 5.26 Å². The van der Waals surface area contributed by atoms with Gasteiger partial charge in [-0.25, -0.2) is 8.42 Å². The standard InChI is InChI=1S/C17H25N3O2S/c1-3-10-23(21,22)20-17-9-5-8-16(13(17)2)19-15-7-4-6-14(11-15)12-18/h5,8-9,14-15,19-20H,3-4,6-7,10-11H2,1-2H3/t14-,15-/m0/s1. The number of hydrogen-bond donors (Lipinski definition) is 2. The van der Waals surface area contributed by atoms with Gasteiger partial charge in [0.1, 0.15) is 0 Å². The number of nitrogens with zero attached hydrogens (tertiary/aromatic N) is 1. The number of nitrogens with one attached hydrogen (secondary N) is 2. The zero-order valence-electron chi connectivity index (χ0n) is 13.8. The van der Waals surface area contributed by atoms with Gasteiger partial charge in [-0.1, -0.05) is 19.4 Å². The summed E-state index contributed by atoms with van der Waals surface area (Å²) >= 11 is 0. The zero-order valence-corrected chi connectivity index (χ0v) is 14.6. The number of nitriles is 1. The Hall–Kier alpha value is -1.74. The molecule has 0 amide bonds. The molecule has 1 aromatic rings. The van der Waals surface area contributed by atoms with Crippen LogP contribution in [-0.2, 0) is 10.0 Å². The third-order valence-electron chi connectivity index (χ3n) is 4.29. The lowest BCUT2D eigenvalue weighted by Crippen LogP contribution is -2.27.